The van der Waals surface area contributed by atoms with E-state index in [9.17, 15) is 13.2 Å². The Morgan fingerprint density at radius 1 is 1.16 bits per heavy atom. The van der Waals surface area contributed by atoms with Gasteiger partial charge in [-0.05, 0) is 30.2 Å². The van der Waals surface area contributed by atoms with Crippen molar-refractivity contribution in [1.29, 1.82) is 0 Å². The van der Waals surface area contributed by atoms with Gasteiger partial charge in [0.15, 0.2) is 0 Å². The van der Waals surface area contributed by atoms with Crippen LogP contribution in [0.3, 0.4) is 0 Å². The number of benzene rings is 2. The molecule has 2 aromatic carbocycles. The van der Waals surface area contributed by atoms with Crippen molar-refractivity contribution in [2.75, 3.05) is 24.2 Å². The number of aryl methyl sites for hydroxylation is 1. The average Bonchev–Trinajstić information content (AvgIpc) is 2.57. The Morgan fingerprint density at radius 2 is 1.84 bits per heavy atom. The molecule has 0 saturated carbocycles. The molecular weight excluding hydrogens is 340 g/mol. The molecule has 6 nitrogen and oxygen atoms in total. The fourth-order valence-electron chi connectivity index (χ4n) is 2.36. The number of anilines is 1. The van der Waals surface area contributed by atoms with Gasteiger partial charge in [-0.1, -0.05) is 36.4 Å². The summed E-state index contributed by atoms with van der Waals surface area (Å²) < 4.78 is 30.7. The Bertz CT molecular complexity index is 835. The number of amides is 1. The molecule has 0 unspecified atom stereocenters. The normalized spacial score (nSPS) is 11.0. The highest BCUT2D eigenvalue weighted by Crippen LogP contribution is 2.30. The quantitative estimate of drug-likeness (QED) is 0.818. The highest BCUT2D eigenvalue weighted by molar-refractivity contribution is 7.92. The van der Waals surface area contributed by atoms with Crippen LogP contribution in [0.15, 0.2) is 48.5 Å². The number of nitrogens with zero attached hydrogens (tertiary/aromatic N) is 1. The Morgan fingerprint density at radius 3 is 2.44 bits per heavy atom. The summed E-state index contributed by atoms with van der Waals surface area (Å²) in [5.41, 5.74) is 2.16. The van der Waals surface area contributed by atoms with E-state index in [1.807, 2.05) is 43.3 Å². The zero-order chi connectivity index (χ0) is 18.4. The van der Waals surface area contributed by atoms with E-state index in [2.05, 4.69) is 5.32 Å². The second kappa shape index (κ2) is 8.02. The molecule has 134 valence electrons. The number of methoxy groups -OCH3 is 1. The number of carbonyl (C=O) groups excluding carboxylic acids is 1. The van der Waals surface area contributed by atoms with E-state index in [-0.39, 0.29) is 6.54 Å². The first-order valence-corrected chi connectivity index (χ1v) is 9.59. The van der Waals surface area contributed by atoms with E-state index < -0.39 is 15.9 Å². The Hall–Kier alpha value is -2.54. The molecule has 0 atom stereocenters. The number of hydrogen-bond acceptors (Lipinski definition) is 4. The Balaban J connectivity index is 2.19. The third-order valence-corrected chi connectivity index (χ3v) is 4.75. The van der Waals surface area contributed by atoms with Gasteiger partial charge in [0, 0.05) is 6.54 Å². The van der Waals surface area contributed by atoms with Crippen LogP contribution < -0.4 is 14.4 Å². The third-order valence-electron chi connectivity index (χ3n) is 3.62. The largest absolute Gasteiger partial charge is 0.495 e. The third kappa shape index (κ3) is 5.22. The van der Waals surface area contributed by atoms with E-state index in [1.165, 1.54) is 7.11 Å². The van der Waals surface area contributed by atoms with Gasteiger partial charge in [-0.15, -0.1) is 0 Å². The molecule has 1 N–H and O–H groups in total. The maximum absolute atomic E-state index is 12.3. The van der Waals surface area contributed by atoms with Crippen LogP contribution in [0.4, 0.5) is 5.69 Å². The van der Waals surface area contributed by atoms with Gasteiger partial charge < -0.3 is 10.1 Å². The fraction of sp³-hybridized carbons (Fsp3) is 0.278. The average molecular weight is 362 g/mol. The Labute approximate surface area is 148 Å². The van der Waals surface area contributed by atoms with Gasteiger partial charge in [0.1, 0.15) is 12.3 Å². The van der Waals surface area contributed by atoms with Crippen LogP contribution in [0.1, 0.15) is 11.1 Å². The van der Waals surface area contributed by atoms with Crippen LogP contribution in [0.2, 0.25) is 0 Å². The monoisotopic (exact) mass is 362 g/mol. The summed E-state index contributed by atoms with van der Waals surface area (Å²) in [7, 11) is -2.19. The van der Waals surface area contributed by atoms with Crippen LogP contribution in [0, 0.1) is 6.92 Å². The smallest absolute Gasteiger partial charge is 0.241 e. The lowest BCUT2D eigenvalue weighted by Gasteiger charge is -2.24. The number of carbonyl (C=O) groups is 1. The van der Waals surface area contributed by atoms with Gasteiger partial charge in [0.25, 0.3) is 0 Å². The molecule has 7 heteroatoms. The highest BCUT2D eigenvalue weighted by atomic mass is 32.2. The molecule has 2 rings (SSSR count). The van der Waals surface area contributed by atoms with Crippen LogP contribution in [-0.2, 0) is 21.4 Å². The summed E-state index contributed by atoms with van der Waals surface area (Å²) in [6.07, 6.45) is 1.07. The maximum Gasteiger partial charge on any atom is 0.241 e. The second-order valence-electron chi connectivity index (χ2n) is 5.71. The van der Waals surface area contributed by atoms with E-state index in [4.69, 9.17) is 4.74 Å². The SMILES string of the molecule is COc1ccc(C)cc1N(CC(=O)NCc1ccccc1)S(C)(=O)=O. The molecule has 0 radical (unpaired) electrons. The van der Waals surface area contributed by atoms with Crippen molar-refractivity contribution in [2.24, 2.45) is 0 Å². The van der Waals surface area contributed by atoms with E-state index in [1.54, 1.807) is 12.1 Å². The topological polar surface area (TPSA) is 75.7 Å². The molecule has 1 amide bonds. The standard InChI is InChI=1S/C18H22N2O4S/c1-14-9-10-17(24-2)16(11-14)20(25(3,22)23)13-18(21)19-12-15-7-5-4-6-8-15/h4-11H,12-13H2,1-3H3,(H,19,21). The molecule has 25 heavy (non-hydrogen) atoms. The number of sulfonamides is 1. The number of rotatable bonds is 7. The van der Waals surface area contributed by atoms with Crippen LogP contribution >= 0.6 is 0 Å². The molecular formula is C18H22N2O4S. The minimum atomic E-state index is -3.65. The van der Waals surface area contributed by atoms with Gasteiger partial charge in [-0.2, -0.15) is 0 Å². The molecule has 0 aliphatic heterocycles. The minimum absolute atomic E-state index is 0.314. The van der Waals surface area contributed by atoms with Crippen LogP contribution in [0.5, 0.6) is 5.75 Å². The summed E-state index contributed by atoms with van der Waals surface area (Å²) in [4.78, 5) is 12.3. The Kier molecular flexibility index (Phi) is 6.03. The first-order valence-electron chi connectivity index (χ1n) is 7.74. The molecule has 0 fully saturated rings. The molecule has 0 aromatic heterocycles. The predicted octanol–water partition coefficient (Wildman–Crippen LogP) is 2.09. The molecule has 0 spiro atoms. The molecule has 2 aromatic rings. The van der Waals surface area contributed by atoms with Crippen molar-refractivity contribution in [2.45, 2.75) is 13.5 Å². The van der Waals surface area contributed by atoms with E-state index in [0.717, 1.165) is 21.7 Å². The molecule has 0 aliphatic carbocycles. The lowest BCUT2D eigenvalue weighted by atomic mass is 10.2. The number of nitrogens with one attached hydrogen (secondary N) is 1. The second-order valence-corrected chi connectivity index (χ2v) is 7.61. The van der Waals surface area contributed by atoms with Crippen molar-refractivity contribution < 1.29 is 17.9 Å². The fourth-order valence-corrected chi connectivity index (χ4v) is 3.21. The predicted molar refractivity (Wildman–Crippen MR) is 98.2 cm³/mol. The van der Waals surface area contributed by atoms with Crippen molar-refractivity contribution in [1.82, 2.24) is 5.32 Å². The zero-order valence-corrected chi connectivity index (χ0v) is 15.3. The first kappa shape index (κ1) is 18.8. The molecule has 0 bridgehead atoms. The molecule has 0 heterocycles. The van der Waals surface area contributed by atoms with Crippen LogP contribution in [-0.4, -0.2) is 34.2 Å². The molecule has 0 aliphatic rings. The van der Waals surface area contributed by atoms with Gasteiger partial charge in [0.05, 0.1) is 19.1 Å². The van der Waals surface area contributed by atoms with Gasteiger partial charge in [-0.25, -0.2) is 8.42 Å². The maximum atomic E-state index is 12.3. The lowest BCUT2D eigenvalue weighted by molar-refractivity contribution is -0.119. The summed E-state index contributed by atoms with van der Waals surface area (Å²) in [5, 5.41) is 2.74. The van der Waals surface area contributed by atoms with Crippen molar-refractivity contribution >= 4 is 21.6 Å². The first-order chi connectivity index (χ1) is 11.8. The van der Waals surface area contributed by atoms with Crippen molar-refractivity contribution in [3.05, 3.63) is 59.7 Å². The van der Waals surface area contributed by atoms with E-state index >= 15 is 0 Å². The molecule has 0 saturated heterocycles. The lowest BCUT2D eigenvalue weighted by Crippen LogP contribution is -2.40. The van der Waals surface area contributed by atoms with Gasteiger partial charge in [-0.3, -0.25) is 9.10 Å². The summed E-state index contributed by atoms with van der Waals surface area (Å²) in [5.74, 6) is 0.00437. The summed E-state index contributed by atoms with van der Waals surface area (Å²) >= 11 is 0. The van der Waals surface area contributed by atoms with E-state index in [0.29, 0.717) is 18.0 Å². The minimum Gasteiger partial charge on any atom is -0.495 e. The van der Waals surface area contributed by atoms with Gasteiger partial charge >= 0.3 is 0 Å². The highest BCUT2D eigenvalue weighted by Gasteiger charge is 2.24. The van der Waals surface area contributed by atoms with Crippen LogP contribution in [0.25, 0.3) is 0 Å². The van der Waals surface area contributed by atoms with Crippen molar-refractivity contribution in [3.8, 4) is 5.75 Å². The number of ether oxygens (including phenoxy) is 1. The summed E-state index contributed by atoms with van der Waals surface area (Å²) in [6, 6.07) is 14.6. The summed E-state index contributed by atoms with van der Waals surface area (Å²) in [6.45, 7) is 1.87. The van der Waals surface area contributed by atoms with Gasteiger partial charge in [0.2, 0.25) is 15.9 Å². The zero-order valence-electron chi connectivity index (χ0n) is 14.5. The van der Waals surface area contributed by atoms with Crippen molar-refractivity contribution in [3.63, 3.8) is 0 Å². The number of hydrogen-bond donors (Lipinski definition) is 1.